The van der Waals surface area contributed by atoms with Crippen LogP contribution in [0, 0.1) is 0 Å². The zero-order chi connectivity index (χ0) is 10.9. The van der Waals surface area contributed by atoms with Crippen LogP contribution in [-0.4, -0.2) is 12.2 Å². The Kier molecular flexibility index (Phi) is 2.57. The molecule has 2 unspecified atom stereocenters. The number of benzene rings is 1. The summed E-state index contributed by atoms with van der Waals surface area (Å²) in [6.45, 7) is 6.87. The van der Waals surface area contributed by atoms with Crippen LogP contribution in [-0.2, 0) is 15.3 Å². The summed E-state index contributed by atoms with van der Waals surface area (Å²) in [6, 6.07) is 10.1. The Morgan fingerprint density at radius 1 is 1.20 bits per heavy atom. The fraction of sp³-hybridized carbons (Fsp3) is 0.538. The maximum atomic E-state index is 6.05. The molecule has 1 heterocycles. The summed E-state index contributed by atoms with van der Waals surface area (Å²) in [4.78, 5) is 0. The average Bonchev–Trinajstić information content (AvgIpc) is 2.59. The molecule has 0 aliphatic carbocycles. The number of rotatable bonds is 2. The van der Waals surface area contributed by atoms with E-state index in [4.69, 9.17) is 9.47 Å². The van der Waals surface area contributed by atoms with Crippen molar-refractivity contribution in [3.05, 3.63) is 35.9 Å². The Morgan fingerprint density at radius 3 is 2.40 bits per heavy atom. The largest absolute Gasteiger partial charge is 0.343 e. The van der Waals surface area contributed by atoms with Gasteiger partial charge < -0.3 is 9.47 Å². The quantitative estimate of drug-likeness (QED) is 0.740. The van der Waals surface area contributed by atoms with Crippen LogP contribution >= 0.6 is 0 Å². The van der Waals surface area contributed by atoms with Crippen molar-refractivity contribution in [2.75, 3.05) is 6.61 Å². The molecule has 1 aliphatic rings. The van der Waals surface area contributed by atoms with E-state index < -0.39 is 5.79 Å². The molecule has 0 radical (unpaired) electrons. The van der Waals surface area contributed by atoms with Crippen molar-refractivity contribution in [3.8, 4) is 0 Å². The average molecular weight is 206 g/mol. The molecule has 1 aromatic carbocycles. The van der Waals surface area contributed by atoms with E-state index in [0.29, 0.717) is 6.61 Å². The Bertz CT molecular complexity index is 336. The number of hydrogen-bond donors (Lipinski definition) is 0. The van der Waals surface area contributed by atoms with E-state index in [1.807, 2.05) is 37.3 Å². The fourth-order valence-electron chi connectivity index (χ4n) is 1.88. The molecule has 0 spiro atoms. The fourth-order valence-corrected chi connectivity index (χ4v) is 1.88. The van der Waals surface area contributed by atoms with Crippen LogP contribution in [0.3, 0.4) is 0 Å². The van der Waals surface area contributed by atoms with Gasteiger partial charge in [0.1, 0.15) is 0 Å². The first-order chi connectivity index (χ1) is 7.08. The van der Waals surface area contributed by atoms with Crippen LogP contribution in [0.25, 0.3) is 0 Å². The van der Waals surface area contributed by atoms with E-state index >= 15 is 0 Å². The van der Waals surface area contributed by atoms with Crippen LogP contribution in [0.2, 0.25) is 0 Å². The molecule has 0 aromatic heterocycles. The maximum absolute atomic E-state index is 6.05. The lowest BCUT2D eigenvalue weighted by molar-refractivity contribution is -0.179. The van der Waals surface area contributed by atoms with Gasteiger partial charge in [-0.25, -0.2) is 0 Å². The maximum Gasteiger partial charge on any atom is 0.192 e. The third-order valence-corrected chi connectivity index (χ3v) is 3.14. The molecule has 1 saturated heterocycles. The first-order valence-corrected chi connectivity index (χ1v) is 5.48. The predicted octanol–water partition coefficient (Wildman–Crippen LogP) is 3.07. The van der Waals surface area contributed by atoms with Crippen LogP contribution in [0.1, 0.15) is 32.8 Å². The number of ether oxygens (including phenoxy) is 2. The Balaban J connectivity index is 2.24. The zero-order valence-corrected chi connectivity index (χ0v) is 9.62. The van der Waals surface area contributed by atoms with Gasteiger partial charge in [-0.15, -0.1) is 0 Å². The van der Waals surface area contributed by atoms with Gasteiger partial charge in [0.05, 0.1) is 12.2 Å². The summed E-state index contributed by atoms with van der Waals surface area (Å²) >= 11 is 0. The highest BCUT2D eigenvalue weighted by Gasteiger charge is 2.44. The lowest BCUT2D eigenvalue weighted by Gasteiger charge is -2.27. The molecule has 1 aliphatic heterocycles. The molecule has 2 atom stereocenters. The van der Waals surface area contributed by atoms with Gasteiger partial charge in [-0.1, -0.05) is 37.3 Å². The van der Waals surface area contributed by atoms with E-state index in [-0.39, 0.29) is 5.60 Å². The molecular formula is C13H18O2. The molecule has 2 heteroatoms. The lowest BCUT2D eigenvalue weighted by Crippen LogP contribution is -2.30. The highest BCUT2D eigenvalue weighted by molar-refractivity contribution is 5.20. The second-order valence-electron chi connectivity index (χ2n) is 4.51. The van der Waals surface area contributed by atoms with Gasteiger partial charge in [-0.2, -0.15) is 0 Å². The summed E-state index contributed by atoms with van der Waals surface area (Å²) in [6.07, 6.45) is 0.968. The predicted molar refractivity (Wildman–Crippen MR) is 59.5 cm³/mol. The molecule has 0 amide bonds. The van der Waals surface area contributed by atoms with E-state index in [1.54, 1.807) is 0 Å². The molecule has 0 saturated carbocycles. The second-order valence-corrected chi connectivity index (χ2v) is 4.51. The van der Waals surface area contributed by atoms with E-state index in [2.05, 4.69) is 13.8 Å². The monoisotopic (exact) mass is 206 g/mol. The smallest absolute Gasteiger partial charge is 0.192 e. The Morgan fingerprint density at radius 2 is 1.87 bits per heavy atom. The minimum atomic E-state index is -0.577. The zero-order valence-electron chi connectivity index (χ0n) is 9.62. The summed E-state index contributed by atoms with van der Waals surface area (Å²) in [5, 5.41) is 0. The molecule has 1 aromatic rings. The summed E-state index contributed by atoms with van der Waals surface area (Å²) in [5.74, 6) is -0.577. The molecule has 0 bridgehead atoms. The molecule has 2 rings (SSSR count). The first kappa shape index (κ1) is 10.7. The van der Waals surface area contributed by atoms with Gasteiger partial charge >= 0.3 is 0 Å². The molecule has 82 valence electrons. The first-order valence-electron chi connectivity index (χ1n) is 5.48. The van der Waals surface area contributed by atoms with Crippen molar-refractivity contribution < 1.29 is 9.47 Å². The van der Waals surface area contributed by atoms with E-state index in [0.717, 1.165) is 12.0 Å². The van der Waals surface area contributed by atoms with Gasteiger partial charge in [0.2, 0.25) is 0 Å². The van der Waals surface area contributed by atoms with Crippen LogP contribution < -0.4 is 0 Å². The van der Waals surface area contributed by atoms with Crippen molar-refractivity contribution in [2.45, 2.75) is 38.6 Å². The molecule has 2 nitrogen and oxygen atoms in total. The highest BCUT2D eigenvalue weighted by atomic mass is 16.8. The van der Waals surface area contributed by atoms with Crippen LogP contribution in [0.15, 0.2) is 30.3 Å². The van der Waals surface area contributed by atoms with Gasteiger partial charge in [0.25, 0.3) is 0 Å². The second kappa shape index (κ2) is 3.62. The van der Waals surface area contributed by atoms with Crippen LogP contribution in [0.5, 0.6) is 0 Å². The van der Waals surface area contributed by atoms with Crippen molar-refractivity contribution in [1.82, 2.24) is 0 Å². The highest BCUT2D eigenvalue weighted by Crippen LogP contribution is 2.39. The minimum Gasteiger partial charge on any atom is -0.343 e. The number of hydrogen-bond acceptors (Lipinski definition) is 2. The molecule has 0 N–H and O–H groups in total. The minimum absolute atomic E-state index is 0.148. The van der Waals surface area contributed by atoms with Crippen molar-refractivity contribution in [2.24, 2.45) is 0 Å². The Labute approximate surface area is 91.2 Å². The summed E-state index contributed by atoms with van der Waals surface area (Å²) in [7, 11) is 0. The van der Waals surface area contributed by atoms with Gasteiger partial charge in [0.15, 0.2) is 5.79 Å². The van der Waals surface area contributed by atoms with Crippen molar-refractivity contribution in [3.63, 3.8) is 0 Å². The summed E-state index contributed by atoms with van der Waals surface area (Å²) < 4.78 is 11.9. The topological polar surface area (TPSA) is 18.5 Å². The molecule has 1 fully saturated rings. The standard InChI is InChI=1S/C13H18O2/c1-4-12(2)10-14-13(3,15-12)11-8-6-5-7-9-11/h5-9H,4,10H2,1-3H3. The lowest BCUT2D eigenvalue weighted by atomic mass is 10.0. The summed E-state index contributed by atoms with van der Waals surface area (Å²) in [5.41, 5.74) is 0.937. The van der Waals surface area contributed by atoms with Gasteiger partial charge in [-0.3, -0.25) is 0 Å². The van der Waals surface area contributed by atoms with E-state index in [9.17, 15) is 0 Å². The van der Waals surface area contributed by atoms with E-state index in [1.165, 1.54) is 0 Å². The van der Waals surface area contributed by atoms with Crippen molar-refractivity contribution in [1.29, 1.82) is 0 Å². The third-order valence-electron chi connectivity index (χ3n) is 3.14. The normalized spacial score (nSPS) is 35.7. The molecule has 15 heavy (non-hydrogen) atoms. The Hall–Kier alpha value is -0.860. The molecular weight excluding hydrogens is 188 g/mol. The third kappa shape index (κ3) is 1.92. The van der Waals surface area contributed by atoms with Gasteiger partial charge in [0, 0.05) is 5.56 Å². The van der Waals surface area contributed by atoms with Crippen molar-refractivity contribution >= 4 is 0 Å². The SMILES string of the molecule is CCC1(C)COC(C)(c2ccccc2)O1. The van der Waals surface area contributed by atoms with Gasteiger partial charge in [-0.05, 0) is 20.3 Å². The van der Waals surface area contributed by atoms with Crippen LogP contribution in [0.4, 0.5) is 0 Å².